The summed E-state index contributed by atoms with van der Waals surface area (Å²) in [6.07, 6.45) is 5.10. The van der Waals surface area contributed by atoms with E-state index in [0.29, 0.717) is 16.9 Å². The fourth-order valence-corrected chi connectivity index (χ4v) is 4.43. The lowest BCUT2D eigenvalue weighted by molar-refractivity contribution is -0.136. The van der Waals surface area contributed by atoms with Gasteiger partial charge in [-0.05, 0) is 43.8 Å². The topological polar surface area (TPSA) is 61.8 Å². The van der Waals surface area contributed by atoms with Gasteiger partial charge in [0, 0.05) is 57.3 Å². The highest BCUT2D eigenvalue weighted by Gasteiger charge is 2.32. The fraction of sp³-hybridized carbons (Fsp3) is 0.375. The average molecular weight is 436 g/mol. The molecule has 166 valence electrons. The maximum absolute atomic E-state index is 13.9. The van der Waals surface area contributed by atoms with Crippen molar-refractivity contribution in [1.29, 1.82) is 0 Å². The summed E-state index contributed by atoms with van der Waals surface area (Å²) in [5.41, 5.74) is 1.31. The Hall–Kier alpha value is -3.26. The van der Waals surface area contributed by atoms with Gasteiger partial charge >= 0.3 is 0 Å². The van der Waals surface area contributed by atoms with Gasteiger partial charge in [-0.1, -0.05) is 0 Å². The number of carbonyl (C=O) groups excluding carboxylic acids is 1. The molecule has 1 aromatic carbocycles. The zero-order chi connectivity index (χ0) is 22.1. The van der Waals surface area contributed by atoms with Gasteiger partial charge < -0.3 is 19.4 Å². The van der Waals surface area contributed by atoms with Crippen molar-refractivity contribution in [2.75, 3.05) is 51.2 Å². The number of anilines is 1. The van der Waals surface area contributed by atoms with Gasteiger partial charge in [0.25, 0.3) is 0 Å². The van der Waals surface area contributed by atoms with Crippen molar-refractivity contribution in [1.82, 2.24) is 19.8 Å². The van der Waals surface area contributed by atoms with Crippen molar-refractivity contribution in [3.8, 4) is 11.5 Å². The van der Waals surface area contributed by atoms with Crippen molar-refractivity contribution >= 4 is 22.5 Å². The number of carbonyl (C=O) groups is 1. The summed E-state index contributed by atoms with van der Waals surface area (Å²) in [6.45, 7) is 5.13. The van der Waals surface area contributed by atoms with Crippen LogP contribution in [-0.4, -0.2) is 72.0 Å². The minimum absolute atomic E-state index is 0.0555. The van der Waals surface area contributed by atoms with E-state index < -0.39 is 5.82 Å². The summed E-state index contributed by atoms with van der Waals surface area (Å²) in [7, 11) is 2.10. The molecule has 0 aliphatic carbocycles. The van der Waals surface area contributed by atoms with Crippen LogP contribution in [0.1, 0.15) is 6.42 Å². The molecule has 2 aliphatic rings. The van der Waals surface area contributed by atoms with E-state index in [9.17, 15) is 9.18 Å². The predicted octanol–water partition coefficient (Wildman–Crippen LogP) is 3.16. The van der Waals surface area contributed by atoms with Crippen LogP contribution < -0.4 is 9.64 Å². The highest BCUT2D eigenvalue weighted by atomic mass is 19.1. The summed E-state index contributed by atoms with van der Waals surface area (Å²) in [4.78, 5) is 27.4. The van der Waals surface area contributed by atoms with Crippen LogP contribution in [0.5, 0.6) is 11.5 Å². The first-order valence-corrected chi connectivity index (χ1v) is 11.0. The van der Waals surface area contributed by atoms with Crippen LogP contribution >= 0.6 is 0 Å². The highest BCUT2D eigenvalue weighted by Crippen LogP contribution is 2.31. The third-order valence-corrected chi connectivity index (χ3v) is 6.35. The lowest BCUT2D eigenvalue weighted by atomic mass is 10.1. The molecule has 0 bridgehead atoms. The Morgan fingerprint density at radius 2 is 1.84 bits per heavy atom. The molecule has 0 saturated carbocycles. The molecule has 2 saturated heterocycles. The molecule has 0 spiro atoms. The summed E-state index contributed by atoms with van der Waals surface area (Å²) >= 11 is 0. The fourth-order valence-electron chi connectivity index (χ4n) is 4.43. The number of benzene rings is 1. The maximum atomic E-state index is 13.9. The maximum Gasteiger partial charge on any atom is 0.227 e. The van der Waals surface area contributed by atoms with Crippen LogP contribution in [0.4, 0.5) is 10.1 Å². The van der Waals surface area contributed by atoms with Gasteiger partial charge in [-0.25, -0.2) is 4.39 Å². The first kappa shape index (κ1) is 20.6. The lowest BCUT2D eigenvalue weighted by Crippen LogP contribution is -2.49. The SMILES string of the molecule is CN1CCN(C(=O)[C@H]2CCN(c3ccc(Oc4ccnc5c(F)cncc45)cc3)C2)CC1. The van der Waals surface area contributed by atoms with Gasteiger partial charge in [-0.3, -0.25) is 14.8 Å². The largest absolute Gasteiger partial charge is 0.457 e. The molecule has 0 N–H and O–H groups in total. The number of aromatic nitrogens is 2. The van der Waals surface area contributed by atoms with Gasteiger partial charge in [-0.2, -0.15) is 0 Å². The van der Waals surface area contributed by atoms with E-state index in [4.69, 9.17) is 4.74 Å². The van der Waals surface area contributed by atoms with Crippen LogP contribution in [0.3, 0.4) is 0 Å². The number of nitrogens with zero attached hydrogens (tertiary/aromatic N) is 5. The van der Waals surface area contributed by atoms with E-state index in [2.05, 4.69) is 26.8 Å². The van der Waals surface area contributed by atoms with Crippen molar-refractivity contribution in [2.45, 2.75) is 6.42 Å². The molecule has 1 amide bonds. The van der Waals surface area contributed by atoms with E-state index in [1.165, 1.54) is 6.20 Å². The lowest BCUT2D eigenvalue weighted by Gasteiger charge is -2.34. The molecule has 32 heavy (non-hydrogen) atoms. The van der Waals surface area contributed by atoms with Crippen molar-refractivity contribution < 1.29 is 13.9 Å². The molecule has 2 aromatic heterocycles. The van der Waals surface area contributed by atoms with E-state index in [1.807, 2.05) is 29.2 Å². The van der Waals surface area contributed by atoms with Crippen molar-refractivity contribution in [3.63, 3.8) is 0 Å². The molecule has 5 rings (SSSR count). The molecule has 8 heteroatoms. The molecular weight excluding hydrogens is 409 g/mol. The second kappa shape index (κ2) is 8.70. The molecule has 7 nitrogen and oxygen atoms in total. The third-order valence-electron chi connectivity index (χ3n) is 6.35. The number of rotatable bonds is 4. The Bertz CT molecular complexity index is 1120. The van der Waals surface area contributed by atoms with Gasteiger partial charge in [-0.15, -0.1) is 0 Å². The molecule has 1 atom stereocenters. The summed E-state index contributed by atoms with van der Waals surface area (Å²) in [5, 5.41) is 0.529. The van der Waals surface area contributed by atoms with Crippen LogP contribution in [0.2, 0.25) is 0 Å². The number of pyridine rings is 2. The van der Waals surface area contributed by atoms with E-state index in [1.54, 1.807) is 12.3 Å². The zero-order valence-electron chi connectivity index (χ0n) is 18.1. The summed E-state index contributed by atoms with van der Waals surface area (Å²) in [5.74, 6) is 1.02. The number of hydrogen-bond donors (Lipinski definition) is 0. The predicted molar refractivity (Wildman–Crippen MR) is 120 cm³/mol. The number of fused-ring (bicyclic) bond motifs is 1. The summed E-state index contributed by atoms with van der Waals surface area (Å²) in [6, 6.07) is 9.49. The average Bonchev–Trinajstić information content (AvgIpc) is 3.31. The monoisotopic (exact) mass is 435 g/mol. The second-order valence-electron chi connectivity index (χ2n) is 8.48. The quantitative estimate of drug-likeness (QED) is 0.628. The van der Waals surface area contributed by atoms with E-state index in [0.717, 1.165) is 57.6 Å². The van der Waals surface area contributed by atoms with Gasteiger partial charge in [0.1, 0.15) is 17.0 Å². The van der Waals surface area contributed by atoms with Crippen LogP contribution in [0.15, 0.2) is 48.9 Å². The number of halogens is 1. The summed E-state index contributed by atoms with van der Waals surface area (Å²) < 4.78 is 19.9. The number of ether oxygens (including phenoxy) is 1. The van der Waals surface area contributed by atoms with Crippen molar-refractivity contribution in [3.05, 3.63) is 54.7 Å². The minimum Gasteiger partial charge on any atom is -0.457 e. The first-order chi connectivity index (χ1) is 15.6. The molecular formula is C24H26FN5O2. The van der Waals surface area contributed by atoms with Gasteiger partial charge in [0.2, 0.25) is 5.91 Å². The van der Waals surface area contributed by atoms with E-state index in [-0.39, 0.29) is 17.3 Å². The number of likely N-dealkylation sites (N-methyl/N-ethyl adjacent to an activating group) is 1. The second-order valence-corrected chi connectivity index (χ2v) is 8.48. The van der Waals surface area contributed by atoms with Crippen LogP contribution in [-0.2, 0) is 4.79 Å². The van der Waals surface area contributed by atoms with Crippen molar-refractivity contribution in [2.24, 2.45) is 5.92 Å². The molecule has 0 unspecified atom stereocenters. The molecule has 2 aliphatic heterocycles. The number of hydrogen-bond acceptors (Lipinski definition) is 6. The molecule has 4 heterocycles. The third kappa shape index (κ3) is 4.10. The Kier molecular flexibility index (Phi) is 5.61. The van der Waals surface area contributed by atoms with Gasteiger partial charge in [0.15, 0.2) is 5.82 Å². The Morgan fingerprint density at radius 3 is 2.62 bits per heavy atom. The Labute approximate surface area is 186 Å². The molecule has 2 fully saturated rings. The number of piperazine rings is 1. The van der Waals surface area contributed by atoms with E-state index >= 15 is 0 Å². The highest BCUT2D eigenvalue weighted by molar-refractivity contribution is 5.84. The number of amides is 1. The van der Waals surface area contributed by atoms with Gasteiger partial charge in [0.05, 0.1) is 17.5 Å². The first-order valence-electron chi connectivity index (χ1n) is 11.0. The molecule has 3 aromatic rings. The van der Waals surface area contributed by atoms with Crippen LogP contribution in [0.25, 0.3) is 10.9 Å². The normalized spacial score (nSPS) is 19.5. The van der Waals surface area contributed by atoms with Crippen LogP contribution in [0, 0.1) is 11.7 Å². The smallest absolute Gasteiger partial charge is 0.227 e. The zero-order valence-corrected chi connectivity index (χ0v) is 18.1. The Morgan fingerprint density at radius 1 is 1.06 bits per heavy atom. The standard InChI is InChI=1S/C24H26FN5O2/c1-28-10-12-29(13-11-28)24(31)17-7-9-30(16-17)18-2-4-19(5-3-18)32-22-6-8-27-23-20(22)14-26-15-21(23)25/h2-6,8,14-15,17H,7,9-13,16H2,1H3/t17-/m0/s1. The Balaban J connectivity index is 1.24. The molecule has 0 radical (unpaired) electrons. The minimum atomic E-state index is -0.474.